The molecule has 1 aromatic heterocycles. The number of rotatable bonds is 3. The van der Waals surface area contributed by atoms with Crippen molar-refractivity contribution >= 4 is 17.3 Å². The van der Waals surface area contributed by atoms with Gasteiger partial charge in [-0.3, -0.25) is 0 Å². The lowest BCUT2D eigenvalue weighted by molar-refractivity contribution is 0.0700. The third-order valence-electron chi connectivity index (χ3n) is 3.12. The Morgan fingerprint density at radius 3 is 3.00 bits per heavy atom. The lowest BCUT2D eigenvalue weighted by Crippen LogP contribution is -2.16. The van der Waals surface area contributed by atoms with Crippen LogP contribution in [-0.2, 0) is 0 Å². The molecule has 1 aromatic rings. The number of hydrogen-bond donors (Lipinski definition) is 2. The molecular weight excluding hydrogens is 270 g/mol. The quantitative estimate of drug-likeness (QED) is 0.838. The van der Waals surface area contributed by atoms with Gasteiger partial charge in [0.25, 0.3) is 0 Å². The van der Waals surface area contributed by atoms with Crippen LogP contribution in [0.15, 0.2) is 18.3 Å². The van der Waals surface area contributed by atoms with E-state index in [2.05, 4.69) is 31.0 Å². The number of carbonyl (C=O) groups is 1. The maximum absolute atomic E-state index is 11.4. The van der Waals surface area contributed by atoms with Crippen LogP contribution in [0.4, 0.5) is 0 Å². The molecule has 0 amide bonds. The summed E-state index contributed by atoms with van der Waals surface area (Å²) >= 11 is 1.29. The van der Waals surface area contributed by atoms with E-state index in [-0.39, 0.29) is 5.92 Å². The molecule has 106 valence electrons. The van der Waals surface area contributed by atoms with Gasteiger partial charge in [0.05, 0.1) is 4.88 Å². The maximum Gasteiger partial charge on any atom is 0.346 e. The molecule has 2 rings (SSSR count). The number of carboxylic acid groups (broad SMARTS) is 1. The molecule has 1 aliphatic rings. The number of carboxylic acids is 1. The zero-order valence-corrected chi connectivity index (χ0v) is 12.6. The van der Waals surface area contributed by atoms with Gasteiger partial charge in [0, 0.05) is 18.9 Å². The highest BCUT2D eigenvalue weighted by Crippen LogP contribution is 2.32. The van der Waals surface area contributed by atoms with Crippen molar-refractivity contribution in [2.75, 3.05) is 6.54 Å². The maximum atomic E-state index is 11.4. The molecule has 0 aromatic carbocycles. The SMILES string of the molecule is CC(C)CC#Cc1cc(C2C=CNCC2)c(C(=O)O)s1. The second kappa shape index (κ2) is 6.62. The van der Waals surface area contributed by atoms with Gasteiger partial charge in [0.1, 0.15) is 4.88 Å². The van der Waals surface area contributed by atoms with Crippen molar-refractivity contribution < 1.29 is 9.90 Å². The van der Waals surface area contributed by atoms with Gasteiger partial charge < -0.3 is 10.4 Å². The average Bonchev–Trinajstić information content (AvgIpc) is 2.84. The topological polar surface area (TPSA) is 49.3 Å². The van der Waals surface area contributed by atoms with Crippen molar-refractivity contribution in [3.63, 3.8) is 0 Å². The Labute approximate surface area is 123 Å². The molecule has 4 heteroatoms. The molecule has 0 fully saturated rings. The predicted octanol–water partition coefficient (Wildman–Crippen LogP) is 3.43. The van der Waals surface area contributed by atoms with Crippen molar-refractivity contribution in [3.8, 4) is 11.8 Å². The summed E-state index contributed by atoms with van der Waals surface area (Å²) in [5.74, 6) is 6.08. The van der Waals surface area contributed by atoms with E-state index in [0.717, 1.165) is 29.8 Å². The smallest absolute Gasteiger partial charge is 0.346 e. The average molecular weight is 289 g/mol. The van der Waals surface area contributed by atoms with Crippen LogP contribution in [0.1, 0.15) is 52.7 Å². The summed E-state index contributed by atoms with van der Waals surface area (Å²) in [6, 6.07) is 1.95. The second-order valence-corrected chi connectivity index (χ2v) is 6.36. The van der Waals surface area contributed by atoms with Gasteiger partial charge in [-0.25, -0.2) is 4.79 Å². The van der Waals surface area contributed by atoms with E-state index in [1.165, 1.54) is 11.3 Å². The summed E-state index contributed by atoms with van der Waals surface area (Å²) in [4.78, 5) is 12.7. The van der Waals surface area contributed by atoms with Crippen molar-refractivity contribution in [2.24, 2.45) is 5.92 Å². The molecule has 0 spiro atoms. The third-order valence-corrected chi connectivity index (χ3v) is 4.18. The normalized spacial score (nSPS) is 17.4. The summed E-state index contributed by atoms with van der Waals surface area (Å²) in [5.41, 5.74) is 0.897. The Kier molecular flexibility index (Phi) is 4.86. The van der Waals surface area contributed by atoms with Crippen LogP contribution < -0.4 is 5.32 Å². The minimum absolute atomic E-state index is 0.180. The number of hydrogen-bond acceptors (Lipinski definition) is 3. The van der Waals surface area contributed by atoms with E-state index in [1.807, 2.05) is 18.3 Å². The van der Waals surface area contributed by atoms with E-state index in [9.17, 15) is 9.90 Å². The monoisotopic (exact) mass is 289 g/mol. The molecule has 1 unspecified atom stereocenters. The summed E-state index contributed by atoms with van der Waals surface area (Å²) in [6.45, 7) is 5.12. The minimum atomic E-state index is -0.853. The molecule has 0 saturated carbocycles. The predicted molar refractivity (Wildman–Crippen MR) is 82.1 cm³/mol. The van der Waals surface area contributed by atoms with Gasteiger partial charge in [-0.15, -0.1) is 11.3 Å². The Bertz CT molecular complexity index is 575. The summed E-state index contributed by atoms with van der Waals surface area (Å²) in [6.07, 6.45) is 5.69. The fraction of sp³-hybridized carbons (Fsp3) is 0.438. The van der Waals surface area contributed by atoms with Crippen LogP contribution in [0.25, 0.3) is 0 Å². The molecule has 0 radical (unpaired) electrons. The van der Waals surface area contributed by atoms with Crippen molar-refractivity contribution in [1.82, 2.24) is 5.32 Å². The fourth-order valence-electron chi connectivity index (χ4n) is 2.11. The van der Waals surface area contributed by atoms with Crippen molar-refractivity contribution in [1.29, 1.82) is 0 Å². The minimum Gasteiger partial charge on any atom is -0.477 e. The molecular formula is C16H19NO2S. The van der Waals surface area contributed by atoms with Gasteiger partial charge in [0.2, 0.25) is 0 Å². The Morgan fingerprint density at radius 1 is 1.60 bits per heavy atom. The van der Waals surface area contributed by atoms with Crippen molar-refractivity contribution in [2.45, 2.75) is 32.6 Å². The van der Waals surface area contributed by atoms with E-state index in [4.69, 9.17) is 0 Å². The number of nitrogens with one attached hydrogen (secondary N) is 1. The largest absolute Gasteiger partial charge is 0.477 e. The molecule has 3 nitrogen and oxygen atoms in total. The summed E-state index contributed by atoms with van der Waals surface area (Å²) in [5, 5.41) is 12.5. The Morgan fingerprint density at radius 2 is 2.40 bits per heavy atom. The number of aromatic carboxylic acids is 1. The van der Waals surface area contributed by atoms with E-state index in [0.29, 0.717) is 10.8 Å². The number of thiophene rings is 1. The lowest BCUT2D eigenvalue weighted by Gasteiger charge is -2.17. The summed E-state index contributed by atoms with van der Waals surface area (Å²) in [7, 11) is 0. The zero-order valence-electron chi connectivity index (χ0n) is 11.8. The Balaban J connectivity index is 2.27. The summed E-state index contributed by atoms with van der Waals surface area (Å²) < 4.78 is 0. The van der Waals surface area contributed by atoms with Gasteiger partial charge >= 0.3 is 5.97 Å². The van der Waals surface area contributed by atoms with Crippen LogP contribution in [0, 0.1) is 17.8 Å². The van der Waals surface area contributed by atoms with Crippen LogP contribution in [0.2, 0.25) is 0 Å². The van der Waals surface area contributed by atoms with Crippen LogP contribution in [-0.4, -0.2) is 17.6 Å². The molecule has 20 heavy (non-hydrogen) atoms. The third kappa shape index (κ3) is 3.64. The molecule has 0 saturated heterocycles. The van der Waals surface area contributed by atoms with Gasteiger partial charge in [0.15, 0.2) is 0 Å². The van der Waals surface area contributed by atoms with Crippen LogP contribution in [0.3, 0.4) is 0 Å². The van der Waals surface area contributed by atoms with Gasteiger partial charge in [-0.05, 0) is 30.2 Å². The highest BCUT2D eigenvalue weighted by atomic mass is 32.1. The zero-order chi connectivity index (χ0) is 14.5. The molecule has 0 bridgehead atoms. The first-order valence-corrected chi connectivity index (χ1v) is 7.65. The molecule has 2 heterocycles. The van der Waals surface area contributed by atoms with E-state index < -0.39 is 5.97 Å². The fourth-order valence-corrected chi connectivity index (χ4v) is 3.06. The first kappa shape index (κ1) is 14.7. The van der Waals surface area contributed by atoms with E-state index >= 15 is 0 Å². The molecule has 2 N–H and O–H groups in total. The van der Waals surface area contributed by atoms with Gasteiger partial charge in [-0.1, -0.05) is 31.8 Å². The first-order valence-electron chi connectivity index (χ1n) is 6.84. The van der Waals surface area contributed by atoms with E-state index in [1.54, 1.807) is 0 Å². The van der Waals surface area contributed by atoms with Gasteiger partial charge in [-0.2, -0.15) is 0 Å². The van der Waals surface area contributed by atoms with Crippen molar-refractivity contribution in [3.05, 3.63) is 33.7 Å². The van der Waals surface area contributed by atoms with Crippen LogP contribution in [0.5, 0.6) is 0 Å². The molecule has 0 aliphatic carbocycles. The highest BCUT2D eigenvalue weighted by Gasteiger charge is 2.21. The lowest BCUT2D eigenvalue weighted by atomic mass is 9.94. The Hall–Kier alpha value is -1.73. The molecule has 1 atom stereocenters. The number of allylic oxidation sites excluding steroid dienone is 1. The first-order chi connectivity index (χ1) is 9.58. The van der Waals surface area contributed by atoms with Crippen LogP contribution >= 0.6 is 11.3 Å². The highest BCUT2D eigenvalue weighted by molar-refractivity contribution is 7.14. The standard InChI is InChI=1S/C16H19NO2S/c1-11(2)4-3-5-13-10-14(15(20-13)16(18)19)12-6-8-17-9-7-12/h6,8,10-12,17H,4,7,9H2,1-2H3,(H,18,19). The second-order valence-electron chi connectivity index (χ2n) is 5.31. The molecule has 1 aliphatic heterocycles.